The van der Waals surface area contributed by atoms with Crippen LogP contribution >= 0.6 is 0 Å². The Morgan fingerprint density at radius 2 is 1.95 bits per heavy atom. The Labute approximate surface area is 131 Å². The lowest BCUT2D eigenvalue weighted by molar-refractivity contribution is -0.142. The number of piperazine rings is 1. The van der Waals surface area contributed by atoms with E-state index in [1.807, 2.05) is 29.2 Å². The number of carbonyl (C=O) groups excluding carboxylic acids is 1. The molecule has 0 bridgehead atoms. The second kappa shape index (κ2) is 6.91. The Morgan fingerprint density at radius 1 is 1.23 bits per heavy atom. The number of rotatable bonds is 3. The first-order valence-corrected chi connectivity index (χ1v) is 7.88. The van der Waals surface area contributed by atoms with Gasteiger partial charge in [-0.3, -0.25) is 9.69 Å². The van der Waals surface area contributed by atoms with Crippen molar-refractivity contribution in [2.75, 3.05) is 32.8 Å². The summed E-state index contributed by atoms with van der Waals surface area (Å²) in [6.07, 6.45) is 1.66. The lowest BCUT2D eigenvalue weighted by Crippen LogP contribution is -2.51. The Morgan fingerprint density at radius 3 is 2.55 bits per heavy atom. The maximum absolute atomic E-state index is 12.3. The molecule has 0 saturated carbocycles. The standard InChI is InChI=1S/C17H21N3O2/c18-12-14-3-5-15(6-4-14)13-19-7-9-20(10-8-19)17(21)16-2-1-11-22-16/h3-6,16H,1-2,7-11,13H2. The average molecular weight is 299 g/mol. The average Bonchev–Trinajstić information content (AvgIpc) is 3.10. The number of nitrogens with zero attached hydrogens (tertiary/aromatic N) is 3. The quantitative estimate of drug-likeness (QED) is 0.846. The van der Waals surface area contributed by atoms with Crippen LogP contribution in [0.25, 0.3) is 0 Å². The SMILES string of the molecule is N#Cc1ccc(CN2CCN(C(=O)C3CCCO3)CC2)cc1. The number of benzene rings is 1. The van der Waals surface area contributed by atoms with Crippen molar-refractivity contribution in [3.8, 4) is 6.07 Å². The molecule has 3 rings (SSSR count). The zero-order valence-corrected chi connectivity index (χ0v) is 12.7. The van der Waals surface area contributed by atoms with Crippen LogP contribution < -0.4 is 0 Å². The van der Waals surface area contributed by atoms with Gasteiger partial charge >= 0.3 is 0 Å². The van der Waals surface area contributed by atoms with Crippen molar-refractivity contribution in [2.24, 2.45) is 0 Å². The summed E-state index contributed by atoms with van der Waals surface area (Å²) >= 11 is 0. The first kappa shape index (κ1) is 15.0. The summed E-state index contributed by atoms with van der Waals surface area (Å²) in [4.78, 5) is 16.6. The molecule has 2 heterocycles. The van der Waals surface area contributed by atoms with Crippen molar-refractivity contribution >= 4 is 5.91 Å². The molecule has 0 spiro atoms. The molecule has 22 heavy (non-hydrogen) atoms. The second-order valence-electron chi connectivity index (χ2n) is 5.91. The van der Waals surface area contributed by atoms with Gasteiger partial charge in [-0.2, -0.15) is 5.26 Å². The fourth-order valence-corrected chi connectivity index (χ4v) is 3.05. The van der Waals surface area contributed by atoms with Crippen LogP contribution in [0.3, 0.4) is 0 Å². The van der Waals surface area contributed by atoms with Gasteiger partial charge in [0.1, 0.15) is 6.10 Å². The summed E-state index contributed by atoms with van der Waals surface area (Å²) in [7, 11) is 0. The van der Waals surface area contributed by atoms with E-state index in [0.29, 0.717) is 5.56 Å². The van der Waals surface area contributed by atoms with Gasteiger partial charge in [-0.15, -0.1) is 0 Å². The molecular weight excluding hydrogens is 278 g/mol. The molecule has 2 saturated heterocycles. The normalized spacial score (nSPS) is 22.5. The highest BCUT2D eigenvalue weighted by atomic mass is 16.5. The van der Waals surface area contributed by atoms with Crippen LogP contribution in [0.2, 0.25) is 0 Å². The highest BCUT2D eigenvalue weighted by Crippen LogP contribution is 2.16. The minimum Gasteiger partial charge on any atom is -0.368 e. The molecule has 5 nitrogen and oxygen atoms in total. The molecule has 1 unspecified atom stereocenters. The number of hydrogen-bond acceptors (Lipinski definition) is 4. The van der Waals surface area contributed by atoms with Gasteiger partial charge < -0.3 is 9.64 Å². The molecule has 5 heteroatoms. The van der Waals surface area contributed by atoms with Gasteiger partial charge in [0.05, 0.1) is 11.6 Å². The zero-order chi connectivity index (χ0) is 15.4. The first-order chi connectivity index (χ1) is 10.8. The third-order valence-electron chi connectivity index (χ3n) is 4.38. The van der Waals surface area contributed by atoms with Crippen LogP contribution in [0, 0.1) is 11.3 Å². The lowest BCUT2D eigenvalue weighted by atomic mass is 10.1. The van der Waals surface area contributed by atoms with Crippen LogP contribution in [0.4, 0.5) is 0 Å². The van der Waals surface area contributed by atoms with Crippen LogP contribution in [0.1, 0.15) is 24.0 Å². The number of amides is 1. The Hall–Kier alpha value is -1.90. The van der Waals surface area contributed by atoms with E-state index in [-0.39, 0.29) is 12.0 Å². The van der Waals surface area contributed by atoms with E-state index in [2.05, 4.69) is 11.0 Å². The Kier molecular flexibility index (Phi) is 4.71. The predicted octanol–water partition coefficient (Wildman–Crippen LogP) is 1.38. The van der Waals surface area contributed by atoms with Gasteiger partial charge in [0.2, 0.25) is 0 Å². The molecule has 1 atom stereocenters. The molecule has 0 N–H and O–H groups in total. The number of carbonyl (C=O) groups is 1. The molecule has 0 aromatic heterocycles. The predicted molar refractivity (Wildman–Crippen MR) is 82.0 cm³/mol. The number of hydrogen-bond donors (Lipinski definition) is 0. The highest BCUT2D eigenvalue weighted by Gasteiger charge is 2.30. The molecule has 2 fully saturated rings. The zero-order valence-electron chi connectivity index (χ0n) is 12.7. The van der Waals surface area contributed by atoms with Gasteiger partial charge in [-0.25, -0.2) is 0 Å². The van der Waals surface area contributed by atoms with Gasteiger partial charge in [0.15, 0.2) is 0 Å². The molecule has 2 aliphatic rings. The van der Waals surface area contributed by atoms with Gasteiger partial charge in [0.25, 0.3) is 5.91 Å². The largest absolute Gasteiger partial charge is 0.368 e. The Bertz CT molecular complexity index is 550. The third-order valence-corrected chi connectivity index (χ3v) is 4.38. The Balaban J connectivity index is 1.48. The molecule has 1 amide bonds. The van der Waals surface area contributed by atoms with Crippen LogP contribution in [0.15, 0.2) is 24.3 Å². The summed E-state index contributed by atoms with van der Waals surface area (Å²) < 4.78 is 5.48. The maximum atomic E-state index is 12.3. The summed E-state index contributed by atoms with van der Waals surface area (Å²) in [5.74, 6) is 0.163. The molecule has 0 radical (unpaired) electrons. The van der Waals surface area contributed by atoms with Gasteiger partial charge in [-0.1, -0.05) is 12.1 Å². The van der Waals surface area contributed by atoms with Crippen molar-refractivity contribution in [1.82, 2.24) is 9.80 Å². The minimum atomic E-state index is -0.204. The van der Waals surface area contributed by atoms with Crippen molar-refractivity contribution in [3.63, 3.8) is 0 Å². The van der Waals surface area contributed by atoms with Crippen LogP contribution in [-0.2, 0) is 16.1 Å². The highest BCUT2D eigenvalue weighted by molar-refractivity contribution is 5.81. The van der Waals surface area contributed by atoms with E-state index < -0.39 is 0 Å². The summed E-state index contributed by atoms with van der Waals surface area (Å²) in [6, 6.07) is 9.85. The van der Waals surface area contributed by atoms with Gasteiger partial charge in [0, 0.05) is 39.3 Å². The first-order valence-electron chi connectivity index (χ1n) is 7.88. The van der Waals surface area contributed by atoms with E-state index >= 15 is 0 Å². The number of nitriles is 1. The van der Waals surface area contributed by atoms with E-state index in [0.717, 1.165) is 52.2 Å². The van der Waals surface area contributed by atoms with Crippen molar-refractivity contribution in [1.29, 1.82) is 5.26 Å². The fraction of sp³-hybridized carbons (Fsp3) is 0.529. The molecule has 1 aromatic carbocycles. The van der Waals surface area contributed by atoms with E-state index in [1.165, 1.54) is 5.56 Å². The van der Waals surface area contributed by atoms with E-state index in [9.17, 15) is 4.79 Å². The number of ether oxygens (including phenoxy) is 1. The van der Waals surface area contributed by atoms with Crippen molar-refractivity contribution in [2.45, 2.75) is 25.5 Å². The smallest absolute Gasteiger partial charge is 0.251 e. The van der Waals surface area contributed by atoms with E-state index in [4.69, 9.17) is 10.00 Å². The van der Waals surface area contributed by atoms with Crippen molar-refractivity contribution in [3.05, 3.63) is 35.4 Å². The third kappa shape index (κ3) is 3.46. The fourth-order valence-electron chi connectivity index (χ4n) is 3.05. The van der Waals surface area contributed by atoms with Crippen LogP contribution in [0.5, 0.6) is 0 Å². The van der Waals surface area contributed by atoms with Gasteiger partial charge in [-0.05, 0) is 30.5 Å². The maximum Gasteiger partial charge on any atom is 0.251 e. The lowest BCUT2D eigenvalue weighted by Gasteiger charge is -2.35. The van der Waals surface area contributed by atoms with Crippen molar-refractivity contribution < 1.29 is 9.53 Å². The topological polar surface area (TPSA) is 56.6 Å². The minimum absolute atomic E-state index is 0.163. The molecular formula is C17H21N3O2. The molecule has 0 aliphatic carbocycles. The molecule has 2 aliphatic heterocycles. The monoisotopic (exact) mass is 299 g/mol. The summed E-state index contributed by atoms with van der Waals surface area (Å²) in [6.45, 7) is 4.91. The van der Waals surface area contributed by atoms with Crippen LogP contribution in [-0.4, -0.2) is 54.6 Å². The second-order valence-corrected chi connectivity index (χ2v) is 5.91. The van der Waals surface area contributed by atoms with E-state index in [1.54, 1.807) is 0 Å². The molecule has 1 aromatic rings. The summed E-state index contributed by atoms with van der Waals surface area (Å²) in [5.41, 5.74) is 1.90. The summed E-state index contributed by atoms with van der Waals surface area (Å²) in [5, 5.41) is 8.81. The molecule has 116 valence electrons.